The Bertz CT molecular complexity index is 672. The van der Waals surface area contributed by atoms with Crippen molar-refractivity contribution in [2.75, 3.05) is 6.54 Å². The zero-order valence-electron chi connectivity index (χ0n) is 11.3. The van der Waals surface area contributed by atoms with Gasteiger partial charge in [-0.1, -0.05) is 31.9 Å². The number of hydrogen-bond acceptors (Lipinski definition) is 4. The molecule has 0 aromatic heterocycles. The first-order chi connectivity index (χ1) is 10.1. The number of hydrogen-bond donors (Lipinski definition) is 2. The summed E-state index contributed by atoms with van der Waals surface area (Å²) in [6.45, 7) is 0.296. The maximum Gasteiger partial charge on any atom is 0.495 e. The van der Waals surface area contributed by atoms with E-state index in [4.69, 9.17) is 15.1 Å². The van der Waals surface area contributed by atoms with Crippen molar-refractivity contribution in [3.63, 3.8) is 0 Å². The van der Waals surface area contributed by atoms with Crippen molar-refractivity contribution in [2.45, 2.75) is 6.10 Å². The fraction of sp³-hybridized carbons (Fsp3) is 0.143. The second kappa shape index (κ2) is 7.34. The highest BCUT2D eigenvalue weighted by Crippen LogP contribution is 2.34. The van der Waals surface area contributed by atoms with Crippen LogP contribution in [-0.2, 0) is 4.65 Å². The molecule has 116 valence electrons. The molecule has 1 atom stereocenters. The van der Waals surface area contributed by atoms with Gasteiger partial charge in [-0.05, 0) is 42.0 Å². The molecule has 1 aliphatic heterocycles. The molecule has 0 amide bonds. The first-order valence-electron chi connectivity index (χ1n) is 6.39. The number of nitrogens with two attached hydrogens (primary N) is 1. The Labute approximate surface area is 151 Å². The first kappa shape index (κ1) is 17.8. The zero-order chi connectivity index (χ0) is 15.0. The summed E-state index contributed by atoms with van der Waals surface area (Å²) >= 11 is 6.86. The maximum absolute atomic E-state index is 10.1. The summed E-state index contributed by atoms with van der Waals surface area (Å²) in [7, 11) is -1.03. The van der Waals surface area contributed by atoms with Crippen LogP contribution in [0.5, 0.6) is 11.5 Å². The van der Waals surface area contributed by atoms with E-state index in [1.54, 1.807) is 6.07 Å². The summed E-state index contributed by atoms with van der Waals surface area (Å²) in [6, 6.07) is 11.2. The van der Waals surface area contributed by atoms with Gasteiger partial charge in [0, 0.05) is 21.0 Å². The Kier molecular flexibility index (Phi) is 5.93. The average molecular weight is 449 g/mol. The van der Waals surface area contributed by atoms with Crippen LogP contribution in [0.25, 0.3) is 0 Å². The third kappa shape index (κ3) is 3.35. The lowest BCUT2D eigenvalue weighted by atomic mass is 9.78. The minimum atomic E-state index is -1.03. The number of rotatable bonds is 3. The summed E-state index contributed by atoms with van der Waals surface area (Å²) < 4.78 is 13.2. The SMILES string of the molecule is Cl.NCC1OB(O)c2c(Oc3ccc(Br)cc3)ccc(Br)c21. The monoisotopic (exact) mass is 447 g/mol. The highest BCUT2D eigenvalue weighted by molar-refractivity contribution is 9.10. The van der Waals surface area contributed by atoms with Crippen molar-refractivity contribution in [3.8, 4) is 11.5 Å². The number of halogens is 3. The van der Waals surface area contributed by atoms with Crippen LogP contribution in [0.15, 0.2) is 45.3 Å². The normalized spacial score (nSPS) is 16.2. The summed E-state index contributed by atoms with van der Waals surface area (Å²) in [5, 5.41) is 10.1. The van der Waals surface area contributed by atoms with Gasteiger partial charge in [0.1, 0.15) is 11.5 Å². The molecule has 4 nitrogen and oxygen atoms in total. The lowest BCUT2D eigenvalue weighted by molar-refractivity contribution is 0.197. The van der Waals surface area contributed by atoms with Gasteiger partial charge in [-0.3, -0.25) is 0 Å². The molecule has 0 fully saturated rings. The molecule has 3 N–H and O–H groups in total. The molecule has 1 aliphatic rings. The van der Waals surface area contributed by atoms with Crippen molar-refractivity contribution < 1.29 is 14.4 Å². The van der Waals surface area contributed by atoms with Gasteiger partial charge in [0.05, 0.1) is 6.10 Å². The van der Waals surface area contributed by atoms with E-state index in [0.717, 1.165) is 14.5 Å². The third-order valence-corrected chi connectivity index (χ3v) is 4.53. The Hall–Kier alpha value is -0.565. The summed E-state index contributed by atoms with van der Waals surface area (Å²) in [5.41, 5.74) is 7.17. The van der Waals surface area contributed by atoms with Crippen molar-refractivity contribution in [3.05, 3.63) is 50.9 Å². The standard InChI is InChI=1S/C14H12BBr2NO3.ClH/c16-8-1-3-9(4-2-8)20-11-6-5-10(17)13-12(7-18)21-15(19)14(11)13;/h1-6,12,19H,7,18H2;1H. The Morgan fingerprint density at radius 1 is 1.18 bits per heavy atom. The fourth-order valence-corrected chi connectivity index (χ4v) is 3.22. The van der Waals surface area contributed by atoms with Crippen molar-refractivity contribution in [1.29, 1.82) is 0 Å². The first-order valence-corrected chi connectivity index (χ1v) is 7.98. The van der Waals surface area contributed by atoms with Gasteiger partial charge in [0.2, 0.25) is 0 Å². The van der Waals surface area contributed by atoms with Crippen LogP contribution in [0.1, 0.15) is 11.7 Å². The number of benzene rings is 2. The molecule has 3 rings (SSSR count). The second-order valence-corrected chi connectivity index (χ2v) is 6.41. The second-order valence-electron chi connectivity index (χ2n) is 4.64. The molecule has 22 heavy (non-hydrogen) atoms. The molecule has 0 saturated carbocycles. The molecule has 1 heterocycles. The van der Waals surface area contributed by atoms with Gasteiger partial charge in [0.15, 0.2) is 0 Å². The van der Waals surface area contributed by atoms with Crippen LogP contribution in [0.2, 0.25) is 0 Å². The van der Waals surface area contributed by atoms with Gasteiger partial charge >= 0.3 is 7.12 Å². The number of fused-ring (bicyclic) bond motifs is 1. The molecule has 1 unspecified atom stereocenters. The lowest BCUT2D eigenvalue weighted by Crippen LogP contribution is -2.29. The Morgan fingerprint density at radius 3 is 2.50 bits per heavy atom. The van der Waals surface area contributed by atoms with Crippen LogP contribution in [0.4, 0.5) is 0 Å². The van der Waals surface area contributed by atoms with E-state index in [-0.39, 0.29) is 18.5 Å². The molecule has 0 spiro atoms. The van der Waals surface area contributed by atoms with Gasteiger partial charge in [-0.15, -0.1) is 12.4 Å². The number of ether oxygens (including phenoxy) is 1. The largest absolute Gasteiger partial charge is 0.495 e. The molecule has 0 bridgehead atoms. The van der Waals surface area contributed by atoms with Crippen molar-refractivity contribution >= 4 is 56.8 Å². The molecule has 0 saturated heterocycles. The van der Waals surface area contributed by atoms with Crippen LogP contribution in [-0.4, -0.2) is 18.7 Å². The summed E-state index contributed by atoms with van der Waals surface area (Å²) in [5.74, 6) is 1.25. The molecule has 0 radical (unpaired) electrons. The third-order valence-electron chi connectivity index (χ3n) is 3.31. The quantitative estimate of drug-likeness (QED) is 0.707. The van der Waals surface area contributed by atoms with E-state index < -0.39 is 7.12 Å². The van der Waals surface area contributed by atoms with Crippen LogP contribution in [0, 0.1) is 0 Å². The van der Waals surface area contributed by atoms with Crippen LogP contribution in [0.3, 0.4) is 0 Å². The smallest absolute Gasteiger partial charge is 0.458 e. The zero-order valence-corrected chi connectivity index (χ0v) is 15.3. The van der Waals surface area contributed by atoms with Gasteiger partial charge in [0.25, 0.3) is 0 Å². The Balaban J connectivity index is 0.00000176. The molecule has 8 heteroatoms. The minimum Gasteiger partial charge on any atom is -0.458 e. The lowest BCUT2D eigenvalue weighted by Gasteiger charge is -2.13. The average Bonchev–Trinajstić information content (AvgIpc) is 2.82. The highest BCUT2D eigenvalue weighted by atomic mass is 79.9. The molecular formula is C14H13BBr2ClNO3. The predicted molar refractivity (Wildman–Crippen MR) is 96.1 cm³/mol. The predicted octanol–water partition coefficient (Wildman–Crippen LogP) is 3.14. The minimum absolute atomic E-state index is 0. The van der Waals surface area contributed by atoms with Gasteiger partial charge in [-0.25, -0.2) is 0 Å². The van der Waals surface area contributed by atoms with Crippen LogP contribution < -0.4 is 15.9 Å². The fourth-order valence-electron chi connectivity index (χ4n) is 2.36. The van der Waals surface area contributed by atoms with E-state index in [1.165, 1.54) is 0 Å². The molecule has 0 aliphatic carbocycles. The van der Waals surface area contributed by atoms with E-state index in [1.807, 2.05) is 30.3 Å². The summed E-state index contributed by atoms with van der Waals surface area (Å²) in [6.07, 6.45) is -0.335. The molecule has 2 aromatic carbocycles. The molecule has 2 aromatic rings. The summed E-state index contributed by atoms with van der Waals surface area (Å²) in [4.78, 5) is 0. The van der Waals surface area contributed by atoms with E-state index in [2.05, 4.69) is 31.9 Å². The van der Waals surface area contributed by atoms with E-state index >= 15 is 0 Å². The van der Waals surface area contributed by atoms with E-state index in [0.29, 0.717) is 23.5 Å². The maximum atomic E-state index is 10.1. The van der Waals surface area contributed by atoms with Crippen molar-refractivity contribution in [2.24, 2.45) is 5.73 Å². The molecular weight excluding hydrogens is 436 g/mol. The topological polar surface area (TPSA) is 64.7 Å². The van der Waals surface area contributed by atoms with Crippen molar-refractivity contribution in [1.82, 2.24) is 0 Å². The van der Waals surface area contributed by atoms with Gasteiger partial charge < -0.3 is 20.1 Å². The van der Waals surface area contributed by atoms with Gasteiger partial charge in [-0.2, -0.15) is 0 Å². The highest BCUT2D eigenvalue weighted by Gasteiger charge is 2.39. The Morgan fingerprint density at radius 2 is 1.86 bits per heavy atom. The van der Waals surface area contributed by atoms with Crippen LogP contribution >= 0.6 is 44.3 Å². The van der Waals surface area contributed by atoms with E-state index in [9.17, 15) is 5.02 Å².